The Morgan fingerprint density at radius 1 is 1.23 bits per heavy atom. The van der Waals surface area contributed by atoms with E-state index in [0.29, 0.717) is 30.8 Å². The minimum Gasteiger partial charge on any atom is -0.351 e. The lowest BCUT2D eigenvalue weighted by atomic mass is 9.85. The average molecular weight is 304 g/mol. The Labute approximate surface area is 130 Å². The number of anilines is 1. The first kappa shape index (κ1) is 16.5. The normalized spacial score (nSPS) is 21.2. The van der Waals surface area contributed by atoms with Crippen LogP contribution in [0.1, 0.15) is 36.0 Å². The van der Waals surface area contributed by atoms with E-state index in [1.165, 1.54) is 0 Å². The van der Waals surface area contributed by atoms with Gasteiger partial charge in [0.1, 0.15) is 0 Å². The van der Waals surface area contributed by atoms with Gasteiger partial charge in [0.25, 0.3) is 5.91 Å². The second-order valence-electron chi connectivity index (χ2n) is 5.70. The van der Waals surface area contributed by atoms with Crippen molar-refractivity contribution in [2.45, 2.75) is 31.7 Å². The zero-order valence-electron chi connectivity index (χ0n) is 12.7. The van der Waals surface area contributed by atoms with Crippen molar-refractivity contribution in [2.75, 3.05) is 18.4 Å². The number of nitrogens with one attached hydrogen (secondary N) is 2. The van der Waals surface area contributed by atoms with Gasteiger partial charge in [-0.25, -0.2) is 0 Å². The number of amides is 2. The molecule has 1 aliphatic rings. The van der Waals surface area contributed by atoms with Gasteiger partial charge in [-0.1, -0.05) is 18.6 Å². The van der Waals surface area contributed by atoms with Crippen molar-refractivity contribution >= 4 is 17.5 Å². The standard InChI is InChI=1S/C16H24N4O2/c17-8-9-19-16(22)13-6-1-2-7-14(13)20-15(21)11-4-3-5-12(18)10-11/h1-2,6-7,11-12H,3-5,8-10,17-18H2,(H,19,22)(H,20,21). The van der Waals surface area contributed by atoms with Crippen molar-refractivity contribution in [3.05, 3.63) is 29.8 Å². The molecule has 6 heteroatoms. The van der Waals surface area contributed by atoms with Crippen LogP contribution in [0.2, 0.25) is 0 Å². The molecule has 0 bridgehead atoms. The van der Waals surface area contributed by atoms with Crippen molar-refractivity contribution in [1.29, 1.82) is 0 Å². The Morgan fingerprint density at radius 3 is 2.73 bits per heavy atom. The Morgan fingerprint density at radius 2 is 2.00 bits per heavy atom. The SMILES string of the molecule is NCCNC(=O)c1ccccc1NC(=O)C1CCCC(N)C1. The lowest BCUT2D eigenvalue weighted by Gasteiger charge is -2.26. The molecule has 2 atom stereocenters. The Bertz CT molecular complexity index is 533. The van der Waals surface area contributed by atoms with Crippen LogP contribution in [0.15, 0.2) is 24.3 Å². The van der Waals surface area contributed by atoms with E-state index in [9.17, 15) is 9.59 Å². The molecule has 0 heterocycles. The van der Waals surface area contributed by atoms with Crippen LogP contribution in [0, 0.1) is 5.92 Å². The maximum Gasteiger partial charge on any atom is 0.253 e. The molecule has 2 rings (SSSR count). The van der Waals surface area contributed by atoms with Crippen LogP contribution >= 0.6 is 0 Å². The van der Waals surface area contributed by atoms with Gasteiger partial charge in [0, 0.05) is 25.0 Å². The summed E-state index contributed by atoms with van der Waals surface area (Å²) in [5.41, 5.74) is 12.3. The molecular weight excluding hydrogens is 280 g/mol. The van der Waals surface area contributed by atoms with Crippen molar-refractivity contribution in [1.82, 2.24) is 5.32 Å². The first-order valence-electron chi connectivity index (χ1n) is 7.75. The minimum absolute atomic E-state index is 0.0609. The van der Waals surface area contributed by atoms with Gasteiger partial charge in [-0.2, -0.15) is 0 Å². The predicted octanol–water partition coefficient (Wildman–Crippen LogP) is 0.831. The fourth-order valence-electron chi connectivity index (χ4n) is 2.77. The Kier molecular flexibility index (Phi) is 5.91. The number of hydrogen-bond acceptors (Lipinski definition) is 4. The molecule has 22 heavy (non-hydrogen) atoms. The highest BCUT2D eigenvalue weighted by Crippen LogP contribution is 2.25. The highest BCUT2D eigenvalue weighted by atomic mass is 16.2. The monoisotopic (exact) mass is 304 g/mol. The van der Waals surface area contributed by atoms with Crippen LogP contribution in [0.3, 0.4) is 0 Å². The van der Waals surface area contributed by atoms with E-state index in [1.54, 1.807) is 24.3 Å². The zero-order chi connectivity index (χ0) is 15.9. The molecule has 0 spiro atoms. The minimum atomic E-state index is -0.235. The molecule has 2 amide bonds. The second-order valence-corrected chi connectivity index (χ2v) is 5.70. The molecular formula is C16H24N4O2. The zero-order valence-corrected chi connectivity index (χ0v) is 12.7. The van der Waals surface area contributed by atoms with E-state index >= 15 is 0 Å². The fourth-order valence-corrected chi connectivity index (χ4v) is 2.77. The summed E-state index contributed by atoms with van der Waals surface area (Å²) in [5.74, 6) is -0.375. The summed E-state index contributed by atoms with van der Waals surface area (Å²) in [6.07, 6.45) is 3.49. The number of carbonyl (C=O) groups excluding carboxylic acids is 2. The summed E-state index contributed by atoms with van der Waals surface area (Å²) >= 11 is 0. The largest absolute Gasteiger partial charge is 0.351 e. The van der Waals surface area contributed by atoms with Gasteiger partial charge < -0.3 is 22.1 Å². The third-order valence-electron chi connectivity index (χ3n) is 3.95. The smallest absolute Gasteiger partial charge is 0.253 e. The third kappa shape index (κ3) is 4.29. The van der Waals surface area contributed by atoms with Crippen molar-refractivity contribution < 1.29 is 9.59 Å². The quantitative estimate of drug-likeness (QED) is 0.645. The lowest BCUT2D eigenvalue weighted by Crippen LogP contribution is -2.35. The lowest BCUT2D eigenvalue weighted by molar-refractivity contribution is -0.120. The highest BCUT2D eigenvalue weighted by Gasteiger charge is 2.26. The maximum atomic E-state index is 12.4. The molecule has 0 radical (unpaired) electrons. The van der Waals surface area contributed by atoms with Gasteiger partial charge in [-0.05, 0) is 31.4 Å². The van der Waals surface area contributed by atoms with Crippen molar-refractivity contribution in [3.63, 3.8) is 0 Å². The highest BCUT2D eigenvalue weighted by molar-refractivity contribution is 6.04. The van der Waals surface area contributed by atoms with E-state index in [1.807, 2.05) is 0 Å². The molecule has 6 nitrogen and oxygen atoms in total. The molecule has 1 aromatic rings. The second kappa shape index (κ2) is 7.91. The van der Waals surface area contributed by atoms with E-state index in [2.05, 4.69) is 10.6 Å². The van der Waals surface area contributed by atoms with Gasteiger partial charge in [0.05, 0.1) is 11.3 Å². The van der Waals surface area contributed by atoms with Gasteiger partial charge in [-0.3, -0.25) is 9.59 Å². The summed E-state index contributed by atoms with van der Waals surface area (Å²) in [5, 5.41) is 5.59. The number of carbonyl (C=O) groups is 2. The Balaban J connectivity index is 2.05. The van der Waals surface area contributed by atoms with Crippen LogP contribution < -0.4 is 22.1 Å². The molecule has 2 unspecified atom stereocenters. The Hall–Kier alpha value is -1.92. The summed E-state index contributed by atoms with van der Waals surface area (Å²) in [4.78, 5) is 24.5. The van der Waals surface area contributed by atoms with E-state index in [4.69, 9.17) is 11.5 Å². The number of hydrogen-bond donors (Lipinski definition) is 4. The number of para-hydroxylation sites is 1. The fraction of sp³-hybridized carbons (Fsp3) is 0.500. The van der Waals surface area contributed by atoms with Crippen LogP contribution in [0.4, 0.5) is 5.69 Å². The molecule has 6 N–H and O–H groups in total. The third-order valence-corrected chi connectivity index (χ3v) is 3.95. The molecule has 0 aliphatic heterocycles. The maximum absolute atomic E-state index is 12.4. The van der Waals surface area contributed by atoms with Crippen molar-refractivity contribution in [2.24, 2.45) is 17.4 Å². The van der Waals surface area contributed by atoms with Crippen LogP contribution in [0.5, 0.6) is 0 Å². The first-order chi connectivity index (χ1) is 10.6. The van der Waals surface area contributed by atoms with Gasteiger partial charge in [-0.15, -0.1) is 0 Å². The molecule has 1 aliphatic carbocycles. The topological polar surface area (TPSA) is 110 Å². The summed E-state index contributed by atoms with van der Waals surface area (Å²) in [7, 11) is 0. The molecule has 0 saturated heterocycles. The average Bonchev–Trinajstić information content (AvgIpc) is 2.53. The van der Waals surface area contributed by atoms with Gasteiger partial charge >= 0.3 is 0 Å². The molecule has 1 saturated carbocycles. The van der Waals surface area contributed by atoms with Crippen molar-refractivity contribution in [3.8, 4) is 0 Å². The first-order valence-corrected chi connectivity index (χ1v) is 7.75. The number of nitrogens with two attached hydrogens (primary N) is 2. The van der Waals surface area contributed by atoms with Crippen LogP contribution in [-0.4, -0.2) is 30.9 Å². The van der Waals surface area contributed by atoms with Gasteiger partial charge in [0.2, 0.25) is 5.91 Å². The van der Waals surface area contributed by atoms with Gasteiger partial charge in [0.15, 0.2) is 0 Å². The van der Waals surface area contributed by atoms with Crippen LogP contribution in [-0.2, 0) is 4.79 Å². The van der Waals surface area contributed by atoms with E-state index < -0.39 is 0 Å². The summed E-state index contributed by atoms with van der Waals surface area (Å²) in [6, 6.07) is 7.07. The number of rotatable bonds is 5. The summed E-state index contributed by atoms with van der Waals surface area (Å²) < 4.78 is 0. The molecule has 0 aromatic heterocycles. The van der Waals surface area contributed by atoms with Crippen LogP contribution in [0.25, 0.3) is 0 Å². The molecule has 1 fully saturated rings. The summed E-state index contributed by atoms with van der Waals surface area (Å²) in [6.45, 7) is 0.777. The molecule has 1 aromatic carbocycles. The number of benzene rings is 1. The molecule has 120 valence electrons. The predicted molar refractivity (Wildman–Crippen MR) is 86.4 cm³/mol. The van der Waals surface area contributed by atoms with E-state index in [0.717, 1.165) is 19.3 Å². The van der Waals surface area contributed by atoms with E-state index in [-0.39, 0.29) is 23.8 Å².